The van der Waals surface area contributed by atoms with Gasteiger partial charge in [0.1, 0.15) is 5.52 Å². The summed E-state index contributed by atoms with van der Waals surface area (Å²) in [4.78, 5) is 4.60. The van der Waals surface area contributed by atoms with Gasteiger partial charge in [0.15, 0.2) is 5.65 Å². The summed E-state index contributed by atoms with van der Waals surface area (Å²) in [6, 6.07) is 8.19. The highest BCUT2D eigenvalue weighted by molar-refractivity contribution is 7.99. The molecule has 2 aromatic heterocycles. The van der Waals surface area contributed by atoms with Crippen molar-refractivity contribution >= 4 is 33.8 Å². The maximum Gasteiger partial charge on any atom is 0.211 e. The summed E-state index contributed by atoms with van der Waals surface area (Å²) >= 11 is 1.66. The van der Waals surface area contributed by atoms with E-state index in [9.17, 15) is 0 Å². The van der Waals surface area contributed by atoms with E-state index in [1.807, 2.05) is 19.2 Å². The van der Waals surface area contributed by atoms with Crippen LogP contribution < -0.4 is 0 Å². The molecular weight excluding hydrogens is 244 g/mol. The number of hydrogen-bond acceptors (Lipinski definition) is 4. The monoisotopic (exact) mass is 258 g/mol. The quantitative estimate of drug-likeness (QED) is 0.677. The third kappa shape index (κ3) is 1.75. The first-order valence-electron chi connectivity index (χ1n) is 6.02. The van der Waals surface area contributed by atoms with Gasteiger partial charge in [0.25, 0.3) is 0 Å². The molecule has 0 N–H and O–H groups in total. The molecule has 5 heteroatoms. The molecular formula is C13H14N4S. The first kappa shape index (κ1) is 11.5. The SMILES string of the molecule is CCCSc1nnc2c3ccccc3n(C)c2n1. The molecule has 2 heterocycles. The fraction of sp³-hybridized carbons (Fsp3) is 0.308. The Morgan fingerprint density at radius 3 is 2.89 bits per heavy atom. The highest BCUT2D eigenvalue weighted by Gasteiger charge is 2.11. The Kier molecular flexibility index (Phi) is 2.91. The summed E-state index contributed by atoms with van der Waals surface area (Å²) in [6.45, 7) is 2.15. The van der Waals surface area contributed by atoms with Crippen LogP contribution in [0.15, 0.2) is 29.4 Å². The Bertz CT molecular complexity index is 705. The lowest BCUT2D eigenvalue weighted by Crippen LogP contribution is -1.95. The second kappa shape index (κ2) is 4.57. The Balaban J connectivity index is 2.22. The maximum atomic E-state index is 4.60. The molecule has 1 aromatic carbocycles. The maximum absolute atomic E-state index is 4.60. The van der Waals surface area contributed by atoms with Crippen LogP contribution in [0.4, 0.5) is 0 Å². The van der Waals surface area contributed by atoms with Gasteiger partial charge < -0.3 is 4.57 Å². The zero-order chi connectivity index (χ0) is 12.5. The minimum atomic E-state index is 0.759. The normalized spacial score (nSPS) is 11.4. The Morgan fingerprint density at radius 2 is 2.06 bits per heavy atom. The van der Waals surface area contributed by atoms with Gasteiger partial charge in [-0.2, -0.15) is 0 Å². The standard InChI is InChI=1S/C13H14N4S/c1-3-8-18-13-14-12-11(15-16-13)9-6-4-5-7-10(9)17(12)2/h4-7H,3,8H2,1-2H3. The molecule has 0 amide bonds. The average Bonchev–Trinajstić information content (AvgIpc) is 2.71. The van der Waals surface area contributed by atoms with Gasteiger partial charge in [-0.25, -0.2) is 4.98 Å². The molecule has 18 heavy (non-hydrogen) atoms. The van der Waals surface area contributed by atoms with Crippen LogP contribution in [0.3, 0.4) is 0 Å². The first-order chi connectivity index (χ1) is 8.81. The fourth-order valence-electron chi connectivity index (χ4n) is 2.05. The summed E-state index contributed by atoms with van der Waals surface area (Å²) in [5.41, 5.74) is 2.94. The van der Waals surface area contributed by atoms with E-state index in [2.05, 4.69) is 38.8 Å². The predicted molar refractivity (Wildman–Crippen MR) is 74.8 cm³/mol. The lowest BCUT2D eigenvalue weighted by molar-refractivity contribution is 0.854. The van der Waals surface area contributed by atoms with E-state index in [0.29, 0.717) is 0 Å². The average molecular weight is 258 g/mol. The molecule has 0 aliphatic rings. The smallest absolute Gasteiger partial charge is 0.211 e. The summed E-state index contributed by atoms with van der Waals surface area (Å²) in [7, 11) is 2.02. The van der Waals surface area contributed by atoms with Crippen LogP contribution in [0.2, 0.25) is 0 Å². The van der Waals surface area contributed by atoms with Crippen molar-refractivity contribution in [2.45, 2.75) is 18.5 Å². The highest BCUT2D eigenvalue weighted by atomic mass is 32.2. The van der Waals surface area contributed by atoms with Crippen LogP contribution in [-0.4, -0.2) is 25.5 Å². The third-order valence-electron chi connectivity index (χ3n) is 2.92. The summed E-state index contributed by atoms with van der Waals surface area (Å²) in [5.74, 6) is 1.02. The summed E-state index contributed by atoms with van der Waals surface area (Å²) < 4.78 is 2.08. The molecule has 0 aliphatic carbocycles. The lowest BCUT2D eigenvalue weighted by Gasteiger charge is -1.98. The molecule has 3 rings (SSSR count). The number of hydrogen-bond donors (Lipinski definition) is 0. The van der Waals surface area contributed by atoms with E-state index >= 15 is 0 Å². The molecule has 92 valence electrons. The molecule has 0 fully saturated rings. The van der Waals surface area contributed by atoms with Crippen molar-refractivity contribution in [1.29, 1.82) is 0 Å². The van der Waals surface area contributed by atoms with Crippen molar-refractivity contribution in [3.8, 4) is 0 Å². The largest absolute Gasteiger partial charge is 0.327 e. The van der Waals surface area contributed by atoms with Crippen LogP contribution in [0.5, 0.6) is 0 Å². The molecule has 3 aromatic rings. The van der Waals surface area contributed by atoms with Crippen LogP contribution in [0, 0.1) is 0 Å². The van der Waals surface area contributed by atoms with Gasteiger partial charge in [-0.3, -0.25) is 0 Å². The van der Waals surface area contributed by atoms with Crippen LogP contribution in [0.25, 0.3) is 22.1 Å². The van der Waals surface area contributed by atoms with E-state index in [1.165, 1.54) is 0 Å². The van der Waals surface area contributed by atoms with E-state index in [1.54, 1.807) is 11.8 Å². The fourth-order valence-corrected chi connectivity index (χ4v) is 2.68. The summed E-state index contributed by atoms with van der Waals surface area (Å²) in [6.07, 6.45) is 1.11. The highest BCUT2D eigenvalue weighted by Crippen LogP contribution is 2.25. The Morgan fingerprint density at radius 1 is 1.22 bits per heavy atom. The summed E-state index contributed by atoms with van der Waals surface area (Å²) in [5, 5.41) is 10.4. The van der Waals surface area contributed by atoms with Gasteiger partial charge in [0.2, 0.25) is 5.16 Å². The van der Waals surface area contributed by atoms with Crippen LogP contribution in [0.1, 0.15) is 13.3 Å². The number of thioether (sulfide) groups is 1. The second-order valence-electron chi connectivity index (χ2n) is 4.19. The lowest BCUT2D eigenvalue weighted by atomic mass is 10.2. The number of benzene rings is 1. The number of aryl methyl sites for hydroxylation is 1. The molecule has 0 saturated heterocycles. The van der Waals surface area contributed by atoms with Crippen molar-refractivity contribution in [2.75, 3.05) is 5.75 Å². The van der Waals surface area contributed by atoms with E-state index in [4.69, 9.17) is 0 Å². The van der Waals surface area contributed by atoms with E-state index in [-0.39, 0.29) is 0 Å². The number of fused-ring (bicyclic) bond motifs is 3. The van der Waals surface area contributed by atoms with Gasteiger partial charge in [0.05, 0.1) is 5.52 Å². The van der Waals surface area contributed by atoms with Crippen molar-refractivity contribution in [2.24, 2.45) is 7.05 Å². The van der Waals surface area contributed by atoms with Gasteiger partial charge in [-0.15, -0.1) is 10.2 Å². The minimum Gasteiger partial charge on any atom is -0.327 e. The number of nitrogens with zero attached hydrogens (tertiary/aromatic N) is 4. The topological polar surface area (TPSA) is 43.6 Å². The first-order valence-corrected chi connectivity index (χ1v) is 7.00. The van der Waals surface area contributed by atoms with E-state index in [0.717, 1.165) is 39.4 Å². The van der Waals surface area contributed by atoms with Gasteiger partial charge in [-0.1, -0.05) is 36.9 Å². The Hall–Kier alpha value is -1.62. The number of rotatable bonds is 3. The molecule has 0 saturated carbocycles. The van der Waals surface area contributed by atoms with Gasteiger partial charge in [-0.05, 0) is 12.5 Å². The van der Waals surface area contributed by atoms with Crippen molar-refractivity contribution in [1.82, 2.24) is 19.7 Å². The molecule has 0 unspecified atom stereocenters. The van der Waals surface area contributed by atoms with Crippen LogP contribution in [-0.2, 0) is 7.05 Å². The van der Waals surface area contributed by atoms with Gasteiger partial charge in [0, 0.05) is 18.2 Å². The molecule has 0 aliphatic heterocycles. The zero-order valence-corrected chi connectivity index (χ0v) is 11.2. The number of aromatic nitrogens is 4. The van der Waals surface area contributed by atoms with Crippen molar-refractivity contribution in [3.63, 3.8) is 0 Å². The molecule has 0 bridgehead atoms. The minimum absolute atomic E-state index is 0.759. The second-order valence-corrected chi connectivity index (χ2v) is 5.25. The Labute approximate surface area is 109 Å². The van der Waals surface area contributed by atoms with Crippen LogP contribution >= 0.6 is 11.8 Å². The van der Waals surface area contributed by atoms with Crippen molar-refractivity contribution < 1.29 is 0 Å². The predicted octanol–water partition coefficient (Wildman–Crippen LogP) is 3.02. The van der Waals surface area contributed by atoms with Crippen molar-refractivity contribution in [3.05, 3.63) is 24.3 Å². The molecule has 0 atom stereocenters. The third-order valence-corrected chi connectivity index (χ3v) is 3.97. The van der Waals surface area contributed by atoms with E-state index < -0.39 is 0 Å². The molecule has 0 spiro atoms. The molecule has 4 nitrogen and oxygen atoms in total. The van der Waals surface area contributed by atoms with Gasteiger partial charge >= 0.3 is 0 Å². The molecule has 0 radical (unpaired) electrons. The zero-order valence-electron chi connectivity index (χ0n) is 10.4. The number of para-hydroxylation sites is 1.